The molecule has 9 heteroatoms. The lowest BCUT2D eigenvalue weighted by Gasteiger charge is -2.27. The molecular weight excluding hydrogens is 414 g/mol. The van der Waals surface area contributed by atoms with E-state index in [2.05, 4.69) is 9.98 Å². The number of halogens is 4. The van der Waals surface area contributed by atoms with Gasteiger partial charge in [0.15, 0.2) is 5.54 Å². The highest BCUT2D eigenvalue weighted by Gasteiger charge is 2.43. The third-order valence-corrected chi connectivity index (χ3v) is 5.12. The number of hydrogen-bond donors (Lipinski definition) is 1. The van der Waals surface area contributed by atoms with E-state index in [0.717, 1.165) is 6.07 Å². The largest absolute Gasteiger partial charge is 0.496 e. The van der Waals surface area contributed by atoms with Crippen LogP contribution in [0.1, 0.15) is 16.7 Å². The molecule has 1 atom stereocenters. The summed E-state index contributed by atoms with van der Waals surface area (Å²) in [6.45, 7) is -0.110. The molecule has 0 aliphatic carbocycles. The van der Waals surface area contributed by atoms with E-state index in [4.69, 9.17) is 15.2 Å². The second-order valence-electron chi connectivity index (χ2n) is 6.93. The molecule has 3 aromatic rings. The average Bonchev–Trinajstić information content (AvgIpc) is 3.16. The van der Waals surface area contributed by atoms with Crippen molar-refractivity contribution in [2.24, 2.45) is 10.7 Å². The summed E-state index contributed by atoms with van der Waals surface area (Å²) in [6, 6.07) is 13.4. The molecule has 1 aliphatic rings. The summed E-state index contributed by atoms with van der Waals surface area (Å²) in [7, 11) is 1.17. The van der Waals surface area contributed by atoms with Gasteiger partial charge in [0.2, 0.25) is 5.95 Å². The summed E-state index contributed by atoms with van der Waals surface area (Å²) in [5.74, 6) is -0.975. The van der Waals surface area contributed by atoms with Gasteiger partial charge < -0.3 is 15.2 Å². The van der Waals surface area contributed by atoms with Crippen LogP contribution in [0.3, 0.4) is 0 Å². The van der Waals surface area contributed by atoms with Gasteiger partial charge in [-0.1, -0.05) is 24.3 Å². The van der Waals surface area contributed by atoms with Crippen molar-refractivity contribution in [3.05, 3.63) is 83.4 Å². The van der Waals surface area contributed by atoms with Gasteiger partial charge in [0.25, 0.3) is 6.02 Å². The van der Waals surface area contributed by atoms with Gasteiger partial charge in [-0.3, -0.25) is 0 Å². The molecule has 160 valence electrons. The number of nitrogens with zero attached hydrogens (tertiary/aromatic N) is 2. The number of amidine groups is 1. The van der Waals surface area contributed by atoms with Crippen LogP contribution in [-0.2, 0) is 16.5 Å². The zero-order chi connectivity index (χ0) is 22.2. The summed E-state index contributed by atoms with van der Waals surface area (Å²) in [6.07, 6.45) is -3.31. The van der Waals surface area contributed by atoms with Gasteiger partial charge in [-0.15, -0.1) is 0 Å². The first-order valence-corrected chi connectivity index (χ1v) is 9.20. The molecule has 0 radical (unpaired) electrons. The van der Waals surface area contributed by atoms with Crippen LogP contribution >= 0.6 is 0 Å². The lowest BCUT2D eigenvalue weighted by molar-refractivity contribution is -0.138. The monoisotopic (exact) mass is 431 g/mol. The SMILES string of the molecule is COc1ccc(C2(c3cccc(-c4cccnc4F)c3)COC(N)=N2)cc1C(F)(F)F. The van der Waals surface area contributed by atoms with Crippen molar-refractivity contribution >= 4 is 6.02 Å². The number of benzene rings is 2. The maximum absolute atomic E-state index is 14.2. The molecule has 1 unspecified atom stereocenters. The minimum atomic E-state index is -4.64. The molecule has 0 fully saturated rings. The molecule has 1 aromatic heterocycles. The van der Waals surface area contributed by atoms with Gasteiger partial charge in [-0.25, -0.2) is 9.98 Å². The van der Waals surface area contributed by atoms with E-state index in [9.17, 15) is 17.6 Å². The van der Waals surface area contributed by atoms with Crippen LogP contribution in [0.5, 0.6) is 5.75 Å². The number of hydrogen-bond acceptors (Lipinski definition) is 5. The molecule has 0 bridgehead atoms. The fourth-order valence-electron chi connectivity index (χ4n) is 3.63. The van der Waals surface area contributed by atoms with Gasteiger partial charge in [-0.2, -0.15) is 17.6 Å². The summed E-state index contributed by atoms with van der Waals surface area (Å²) in [4.78, 5) is 8.00. The summed E-state index contributed by atoms with van der Waals surface area (Å²) in [5.41, 5.74) is 4.91. The Morgan fingerprint density at radius 1 is 1.06 bits per heavy atom. The number of ether oxygens (including phenoxy) is 2. The maximum atomic E-state index is 14.2. The number of aromatic nitrogens is 1. The third kappa shape index (κ3) is 3.67. The lowest BCUT2D eigenvalue weighted by atomic mass is 9.82. The number of rotatable bonds is 4. The zero-order valence-electron chi connectivity index (χ0n) is 16.3. The van der Waals surface area contributed by atoms with E-state index in [1.807, 2.05) is 0 Å². The molecule has 0 saturated heterocycles. The van der Waals surface area contributed by atoms with Gasteiger partial charge in [0, 0.05) is 11.8 Å². The molecular formula is C22H17F4N3O2. The minimum Gasteiger partial charge on any atom is -0.496 e. The Bertz CT molecular complexity index is 1160. The molecule has 0 spiro atoms. The van der Waals surface area contributed by atoms with Crippen LogP contribution in [0.25, 0.3) is 11.1 Å². The first kappa shape index (κ1) is 20.6. The number of methoxy groups -OCH3 is 1. The topological polar surface area (TPSA) is 69.7 Å². The van der Waals surface area contributed by atoms with Crippen LogP contribution in [-0.4, -0.2) is 24.7 Å². The normalized spacial score (nSPS) is 18.4. The van der Waals surface area contributed by atoms with Gasteiger partial charge in [0.1, 0.15) is 12.4 Å². The van der Waals surface area contributed by atoms with Crippen LogP contribution < -0.4 is 10.5 Å². The van der Waals surface area contributed by atoms with Crippen molar-refractivity contribution in [2.45, 2.75) is 11.7 Å². The summed E-state index contributed by atoms with van der Waals surface area (Å²) >= 11 is 0. The van der Waals surface area contributed by atoms with Crippen molar-refractivity contribution in [3.8, 4) is 16.9 Å². The van der Waals surface area contributed by atoms with Crippen molar-refractivity contribution < 1.29 is 27.0 Å². The van der Waals surface area contributed by atoms with Gasteiger partial charge in [-0.05, 0) is 47.0 Å². The lowest BCUT2D eigenvalue weighted by Crippen LogP contribution is -2.28. The minimum absolute atomic E-state index is 0.110. The molecule has 2 aromatic carbocycles. The van der Waals surface area contributed by atoms with E-state index in [-0.39, 0.29) is 29.5 Å². The highest BCUT2D eigenvalue weighted by molar-refractivity contribution is 5.76. The summed E-state index contributed by atoms with van der Waals surface area (Å²) < 4.78 is 65.3. The molecule has 2 heterocycles. The third-order valence-electron chi connectivity index (χ3n) is 5.12. The second kappa shape index (κ2) is 7.57. The molecule has 31 heavy (non-hydrogen) atoms. The first-order chi connectivity index (χ1) is 14.7. The number of alkyl halides is 3. The second-order valence-corrected chi connectivity index (χ2v) is 6.93. The standard InChI is InChI=1S/C22H17F4N3O2/c1-30-18-8-7-15(11-17(18)22(24,25)26)21(12-31-20(27)29-21)14-5-2-4-13(10-14)16-6-3-9-28-19(16)23/h2-11H,12H2,1H3,(H2,27,29). The predicted molar refractivity (Wildman–Crippen MR) is 106 cm³/mol. The Hall–Kier alpha value is -3.62. The zero-order valence-corrected chi connectivity index (χ0v) is 16.3. The molecule has 5 nitrogen and oxygen atoms in total. The van der Waals surface area contributed by atoms with E-state index in [0.29, 0.717) is 11.1 Å². The molecule has 0 amide bonds. The van der Waals surface area contributed by atoms with E-state index in [1.54, 1.807) is 36.4 Å². The molecule has 4 rings (SSSR count). The van der Waals surface area contributed by atoms with Crippen LogP contribution in [0.2, 0.25) is 0 Å². The molecule has 1 aliphatic heterocycles. The van der Waals surface area contributed by atoms with Crippen molar-refractivity contribution in [1.82, 2.24) is 4.98 Å². The first-order valence-electron chi connectivity index (χ1n) is 9.20. The van der Waals surface area contributed by atoms with Crippen molar-refractivity contribution in [3.63, 3.8) is 0 Å². The predicted octanol–water partition coefficient (Wildman–Crippen LogP) is 4.50. The fraction of sp³-hybridized carbons (Fsp3) is 0.182. The van der Waals surface area contributed by atoms with Crippen LogP contribution in [0.4, 0.5) is 17.6 Å². The van der Waals surface area contributed by atoms with Crippen molar-refractivity contribution in [1.29, 1.82) is 0 Å². The fourth-order valence-corrected chi connectivity index (χ4v) is 3.63. The highest BCUT2D eigenvalue weighted by Crippen LogP contribution is 2.43. The Labute approximate surface area is 175 Å². The number of nitrogens with two attached hydrogens (primary N) is 1. The van der Waals surface area contributed by atoms with Gasteiger partial charge in [0.05, 0.1) is 12.7 Å². The van der Waals surface area contributed by atoms with Gasteiger partial charge >= 0.3 is 6.18 Å². The number of pyridine rings is 1. The average molecular weight is 431 g/mol. The van der Waals surface area contributed by atoms with E-state index >= 15 is 0 Å². The summed E-state index contributed by atoms with van der Waals surface area (Å²) in [5, 5.41) is 0. The van der Waals surface area contributed by atoms with Crippen LogP contribution in [0.15, 0.2) is 65.8 Å². The van der Waals surface area contributed by atoms with E-state index in [1.165, 1.54) is 25.4 Å². The van der Waals surface area contributed by atoms with Crippen LogP contribution in [0, 0.1) is 5.95 Å². The Morgan fingerprint density at radius 3 is 2.48 bits per heavy atom. The Balaban J connectivity index is 1.91. The highest BCUT2D eigenvalue weighted by atomic mass is 19.4. The van der Waals surface area contributed by atoms with Crippen molar-refractivity contribution in [2.75, 3.05) is 13.7 Å². The molecule has 2 N–H and O–H groups in total. The smallest absolute Gasteiger partial charge is 0.419 e. The molecule has 0 saturated carbocycles. The van der Waals surface area contributed by atoms with E-state index < -0.39 is 23.2 Å². The maximum Gasteiger partial charge on any atom is 0.419 e. The Morgan fingerprint density at radius 2 is 1.84 bits per heavy atom. The number of aliphatic imine (C=N–C) groups is 1. The quantitative estimate of drug-likeness (QED) is 0.488. The Kier molecular flexibility index (Phi) is 5.04.